The van der Waals surface area contributed by atoms with Gasteiger partial charge in [0.1, 0.15) is 16.5 Å². The van der Waals surface area contributed by atoms with Gasteiger partial charge in [0.2, 0.25) is 5.91 Å². The molecule has 0 bridgehead atoms. The van der Waals surface area contributed by atoms with Crippen molar-refractivity contribution in [2.24, 2.45) is 0 Å². The molecule has 1 amide bonds. The highest BCUT2D eigenvalue weighted by Crippen LogP contribution is 2.28. The summed E-state index contributed by atoms with van der Waals surface area (Å²) in [6, 6.07) is 30.7. The van der Waals surface area contributed by atoms with Gasteiger partial charge in [-0.1, -0.05) is 42.5 Å². The van der Waals surface area contributed by atoms with E-state index in [1.54, 1.807) is 24.3 Å². The van der Waals surface area contributed by atoms with Crippen molar-refractivity contribution < 1.29 is 17.4 Å². The molecule has 0 saturated carbocycles. The fraction of sp³-hybridized carbons (Fsp3) is 0.0714. The van der Waals surface area contributed by atoms with Crippen molar-refractivity contribution in [3.05, 3.63) is 109 Å². The predicted octanol–water partition coefficient (Wildman–Crippen LogP) is 5.48. The van der Waals surface area contributed by atoms with E-state index in [0.29, 0.717) is 12.2 Å². The van der Waals surface area contributed by atoms with Gasteiger partial charge in [0, 0.05) is 24.7 Å². The second kappa shape index (κ2) is 9.67. The van der Waals surface area contributed by atoms with Crippen LogP contribution >= 0.6 is 0 Å². The summed E-state index contributed by atoms with van der Waals surface area (Å²) >= 11 is 0. The van der Waals surface area contributed by atoms with Crippen LogP contribution in [0, 0.1) is 0 Å². The first-order valence-electron chi connectivity index (χ1n) is 11.3. The van der Waals surface area contributed by atoms with Gasteiger partial charge < -0.3 is 14.1 Å². The molecular formula is C28H23N3O4S. The van der Waals surface area contributed by atoms with Crippen LogP contribution in [0.5, 0.6) is 5.75 Å². The number of aromatic nitrogens is 2. The molecule has 36 heavy (non-hydrogen) atoms. The number of hydrogen-bond acceptors (Lipinski definition) is 5. The number of carbonyl (C=O) groups is 1. The van der Waals surface area contributed by atoms with Crippen LogP contribution in [0.15, 0.2) is 108 Å². The molecule has 1 heterocycles. The van der Waals surface area contributed by atoms with Gasteiger partial charge in [-0.2, -0.15) is 8.42 Å². The molecular weight excluding hydrogens is 474 g/mol. The van der Waals surface area contributed by atoms with Gasteiger partial charge in [0.15, 0.2) is 0 Å². The van der Waals surface area contributed by atoms with E-state index in [4.69, 9.17) is 9.17 Å². The number of carbonyl (C=O) groups excluding carboxylic acids is 1. The van der Waals surface area contributed by atoms with Crippen molar-refractivity contribution in [1.29, 1.82) is 0 Å². The Bertz CT molecular complexity index is 1630. The first-order chi connectivity index (χ1) is 17.4. The molecule has 5 aromatic rings. The Morgan fingerprint density at radius 3 is 2.22 bits per heavy atom. The van der Waals surface area contributed by atoms with Crippen LogP contribution < -0.4 is 9.50 Å². The minimum Gasteiger partial charge on any atom is -0.379 e. The van der Waals surface area contributed by atoms with Gasteiger partial charge in [0.25, 0.3) is 0 Å². The van der Waals surface area contributed by atoms with E-state index in [9.17, 15) is 13.2 Å². The number of fused-ring (bicyclic) bond motifs is 1. The standard InChI is InChI=1S/C28H23N3O4S/c1-20(32)29-23-13-17-25(18-14-23)36(33,34)35-24-15-11-22(12-16-24)28-30-26-9-5-6-10-27(26)31(28)19-21-7-3-2-4-8-21/h2-18H,19H2,1H3,(H,29,32). The summed E-state index contributed by atoms with van der Waals surface area (Å²) in [5, 5.41) is 2.60. The van der Waals surface area contributed by atoms with Crippen molar-refractivity contribution in [3.63, 3.8) is 0 Å². The van der Waals surface area contributed by atoms with Gasteiger partial charge in [-0.05, 0) is 66.2 Å². The maximum Gasteiger partial charge on any atom is 0.339 e. The van der Waals surface area contributed by atoms with E-state index in [1.807, 2.05) is 42.5 Å². The molecule has 8 heteroatoms. The molecule has 0 spiro atoms. The molecule has 1 N–H and O–H groups in total. The summed E-state index contributed by atoms with van der Waals surface area (Å²) in [7, 11) is -4.04. The molecule has 0 aliphatic rings. The zero-order valence-corrected chi connectivity index (χ0v) is 20.3. The number of hydrogen-bond donors (Lipinski definition) is 1. The highest BCUT2D eigenvalue weighted by atomic mass is 32.2. The lowest BCUT2D eigenvalue weighted by molar-refractivity contribution is -0.114. The van der Waals surface area contributed by atoms with E-state index < -0.39 is 10.1 Å². The lowest BCUT2D eigenvalue weighted by Gasteiger charge is -2.11. The molecule has 0 aliphatic carbocycles. The Morgan fingerprint density at radius 1 is 0.861 bits per heavy atom. The topological polar surface area (TPSA) is 90.3 Å². The number of anilines is 1. The highest BCUT2D eigenvalue weighted by Gasteiger charge is 2.18. The minimum atomic E-state index is -4.04. The van der Waals surface area contributed by atoms with E-state index in [2.05, 4.69) is 22.0 Å². The first kappa shape index (κ1) is 23.3. The number of benzene rings is 4. The molecule has 0 aliphatic heterocycles. The van der Waals surface area contributed by atoms with Crippen LogP contribution in [0.2, 0.25) is 0 Å². The van der Waals surface area contributed by atoms with Crippen LogP contribution in [0.1, 0.15) is 12.5 Å². The van der Waals surface area contributed by atoms with Gasteiger partial charge >= 0.3 is 10.1 Å². The summed E-state index contributed by atoms with van der Waals surface area (Å²) in [4.78, 5) is 16.0. The number of nitrogens with one attached hydrogen (secondary N) is 1. The summed E-state index contributed by atoms with van der Waals surface area (Å²) in [5.74, 6) is 0.734. The van der Waals surface area contributed by atoms with Crippen LogP contribution in [-0.4, -0.2) is 23.9 Å². The third kappa shape index (κ3) is 4.99. The van der Waals surface area contributed by atoms with Crippen molar-refractivity contribution >= 4 is 32.7 Å². The molecule has 0 fully saturated rings. The number of rotatable bonds is 7. The Morgan fingerprint density at radius 2 is 1.53 bits per heavy atom. The third-order valence-corrected chi connectivity index (χ3v) is 6.88. The first-order valence-corrected chi connectivity index (χ1v) is 12.7. The van der Waals surface area contributed by atoms with Gasteiger partial charge in [-0.3, -0.25) is 4.79 Å². The fourth-order valence-corrected chi connectivity index (χ4v) is 4.89. The molecule has 0 atom stereocenters. The zero-order chi connectivity index (χ0) is 25.1. The van der Waals surface area contributed by atoms with E-state index in [1.165, 1.54) is 31.2 Å². The molecule has 5 rings (SSSR count). The fourth-order valence-electron chi connectivity index (χ4n) is 3.96. The maximum absolute atomic E-state index is 12.7. The van der Waals surface area contributed by atoms with E-state index in [-0.39, 0.29) is 16.6 Å². The van der Waals surface area contributed by atoms with Crippen molar-refractivity contribution in [2.75, 3.05) is 5.32 Å². The van der Waals surface area contributed by atoms with Crippen LogP contribution in [0.3, 0.4) is 0 Å². The summed E-state index contributed by atoms with van der Waals surface area (Å²) < 4.78 is 33.0. The van der Waals surface area contributed by atoms with Crippen molar-refractivity contribution in [2.45, 2.75) is 18.4 Å². The summed E-state index contributed by atoms with van der Waals surface area (Å²) in [6.07, 6.45) is 0. The molecule has 7 nitrogen and oxygen atoms in total. The Kier molecular flexibility index (Phi) is 6.26. The molecule has 0 radical (unpaired) electrons. The Labute approximate surface area is 209 Å². The average molecular weight is 498 g/mol. The molecule has 4 aromatic carbocycles. The average Bonchev–Trinajstić information content (AvgIpc) is 3.23. The Hall–Kier alpha value is -4.43. The third-order valence-electron chi connectivity index (χ3n) is 5.62. The number of nitrogens with zero attached hydrogens (tertiary/aromatic N) is 2. The van der Waals surface area contributed by atoms with Crippen LogP contribution in [0.25, 0.3) is 22.4 Å². The lowest BCUT2D eigenvalue weighted by Crippen LogP contribution is -2.10. The molecule has 0 unspecified atom stereocenters. The minimum absolute atomic E-state index is 0.00895. The SMILES string of the molecule is CC(=O)Nc1ccc(S(=O)(=O)Oc2ccc(-c3nc4ccccc4n3Cc3ccccc3)cc2)cc1. The van der Waals surface area contributed by atoms with Gasteiger partial charge in [-0.25, -0.2) is 4.98 Å². The van der Waals surface area contributed by atoms with Gasteiger partial charge in [-0.15, -0.1) is 0 Å². The quantitative estimate of drug-likeness (QED) is 0.301. The number of amides is 1. The normalized spacial score (nSPS) is 11.4. The summed E-state index contributed by atoms with van der Waals surface area (Å²) in [6.45, 7) is 2.03. The number of imidazole rings is 1. The van der Waals surface area contributed by atoms with Gasteiger partial charge in [0.05, 0.1) is 11.0 Å². The molecule has 0 saturated heterocycles. The highest BCUT2D eigenvalue weighted by molar-refractivity contribution is 7.87. The van der Waals surface area contributed by atoms with E-state index in [0.717, 1.165) is 28.0 Å². The summed E-state index contributed by atoms with van der Waals surface area (Å²) in [5.41, 5.74) is 4.39. The van der Waals surface area contributed by atoms with Crippen LogP contribution in [-0.2, 0) is 21.5 Å². The lowest BCUT2D eigenvalue weighted by atomic mass is 10.2. The van der Waals surface area contributed by atoms with E-state index >= 15 is 0 Å². The molecule has 1 aromatic heterocycles. The maximum atomic E-state index is 12.7. The smallest absolute Gasteiger partial charge is 0.339 e. The van der Waals surface area contributed by atoms with Crippen molar-refractivity contribution in [3.8, 4) is 17.1 Å². The second-order valence-corrected chi connectivity index (χ2v) is 9.81. The zero-order valence-electron chi connectivity index (χ0n) is 19.5. The largest absolute Gasteiger partial charge is 0.379 e. The monoisotopic (exact) mass is 497 g/mol. The Balaban J connectivity index is 1.41. The molecule has 180 valence electrons. The second-order valence-electron chi connectivity index (χ2n) is 8.26. The number of para-hydroxylation sites is 2. The predicted molar refractivity (Wildman–Crippen MR) is 139 cm³/mol. The van der Waals surface area contributed by atoms with Crippen molar-refractivity contribution in [1.82, 2.24) is 9.55 Å². The van der Waals surface area contributed by atoms with Crippen LogP contribution in [0.4, 0.5) is 5.69 Å².